The van der Waals surface area contributed by atoms with Gasteiger partial charge in [0.2, 0.25) is 0 Å². The van der Waals surface area contributed by atoms with E-state index in [4.69, 9.17) is 14.2 Å². The number of benzene rings is 2. The molecular formula is C21H24O4S. The van der Waals surface area contributed by atoms with Crippen molar-refractivity contribution in [3.63, 3.8) is 0 Å². The van der Waals surface area contributed by atoms with Crippen molar-refractivity contribution >= 4 is 23.6 Å². The van der Waals surface area contributed by atoms with Crippen LogP contribution < -0.4 is 14.2 Å². The topological polar surface area (TPSA) is 44.8 Å². The zero-order valence-electron chi connectivity index (χ0n) is 16.0. The van der Waals surface area contributed by atoms with Crippen LogP contribution in [0.2, 0.25) is 0 Å². The van der Waals surface area contributed by atoms with E-state index in [0.717, 1.165) is 27.3 Å². The highest BCUT2D eigenvalue weighted by Gasteiger charge is 2.24. The highest BCUT2D eigenvalue weighted by molar-refractivity contribution is 7.98. The number of carbonyl (C=O) groups excluding carboxylic acids is 1. The summed E-state index contributed by atoms with van der Waals surface area (Å²) in [4.78, 5) is 14.0. The lowest BCUT2D eigenvalue weighted by atomic mass is 9.99. The third-order valence-electron chi connectivity index (χ3n) is 4.22. The quantitative estimate of drug-likeness (QED) is 0.391. The van der Waals surface area contributed by atoms with Crippen molar-refractivity contribution in [1.82, 2.24) is 0 Å². The van der Waals surface area contributed by atoms with Crippen LogP contribution >= 0.6 is 11.8 Å². The Morgan fingerprint density at radius 1 is 0.923 bits per heavy atom. The van der Waals surface area contributed by atoms with Crippen LogP contribution in [0.1, 0.15) is 27.0 Å². The van der Waals surface area contributed by atoms with Gasteiger partial charge in [0.1, 0.15) is 22.8 Å². The zero-order valence-corrected chi connectivity index (χ0v) is 16.8. The molecule has 2 aromatic rings. The molecule has 0 N–H and O–H groups in total. The lowest BCUT2D eigenvalue weighted by Crippen LogP contribution is -2.07. The molecule has 0 heterocycles. The van der Waals surface area contributed by atoms with Crippen LogP contribution in [0.25, 0.3) is 6.08 Å². The van der Waals surface area contributed by atoms with Crippen molar-refractivity contribution in [1.29, 1.82) is 0 Å². The summed E-state index contributed by atoms with van der Waals surface area (Å²) >= 11 is 1.61. The third kappa shape index (κ3) is 3.88. The molecule has 0 fully saturated rings. The normalized spacial score (nSPS) is 10.8. The van der Waals surface area contributed by atoms with Gasteiger partial charge in [0.25, 0.3) is 0 Å². The molecule has 5 heteroatoms. The number of allylic oxidation sites excluding steroid dienone is 1. The van der Waals surface area contributed by atoms with Gasteiger partial charge in [-0.3, -0.25) is 4.79 Å². The monoisotopic (exact) mass is 372 g/mol. The SMILES string of the molecule is COc1ccc(/C=C/C(=O)c2c(OC)c(C)c(SC)c(C)c2OC)cc1. The van der Waals surface area contributed by atoms with Crippen LogP contribution in [-0.2, 0) is 0 Å². The summed E-state index contributed by atoms with van der Waals surface area (Å²) < 4.78 is 16.3. The van der Waals surface area contributed by atoms with Crippen molar-refractivity contribution in [3.05, 3.63) is 52.6 Å². The first-order valence-electron chi connectivity index (χ1n) is 8.14. The van der Waals surface area contributed by atoms with Gasteiger partial charge in [0.15, 0.2) is 5.78 Å². The summed E-state index contributed by atoms with van der Waals surface area (Å²) in [5, 5.41) is 0. The van der Waals surface area contributed by atoms with E-state index < -0.39 is 0 Å². The second kappa shape index (κ2) is 8.81. The van der Waals surface area contributed by atoms with Crippen LogP contribution in [0.15, 0.2) is 35.2 Å². The molecule has 0 amide bonds. The Morgan fingerprint density at radius 3 is 1.88 bits per heavy atom. The average Bonchev–Trinajstić information content (AvgIpc) is 2.66. The smallest absolute Gasteiger partial charge is 0.193 e. The minimum atomic E-state index is -0.159. The van der Waals surface area contributed by atoms with Crippen LogP contribution in [0.4, 0.5) is 0 Å². The first-order valence-corrected chi connectivity index (χ1v) is 9.36. The first kappa shape index (κ1) is 19.9. The third-order valence-corrected chi connectivity index (χ3v) is 5.24. The van der Waals surface area contributed by atoms with Gasteiger partial charge in [0.05, 0.1) is 21.3 Å². The summed E-state index contributed by atoms with van der Waals surface area (Å²) in [7, 11) is 4.77. The molecule has 0 aliphatic heterocycles. The van der Waals surface area contributed by atoms with Crippen molar-refractivity contribution in [2.45, 2.75) is 18.7 Å². The van der Waals surface area contributed by atoms with E-state index in [2.05, 4.69) is 0 Å². The maximum atomic E-state index is 12.9. The van der Waals surface area contributed by atoms with Crippen LogP contribution in [0.5, 0.6) is 17.2 Å². The Morgan fingerprint density at radius 2 is 1.46 bits per heavy atom. The minimum absolute atomic E-state index is 0.159. The fourth-order valence-electron chi connectivity index (χ4n) is 2.98. The Balaban J connectivity index is 2.48. The molecule has 0 aliphatic carbocycles. The lowest BCUT2D eigenvalue weighted by molar-refractivity contribution is 0.104. The van der Waals surface area contributed by atoms with Gasteiger partial charge >= 0.3 is 0 Å². The van der Waals surface area contributed by atoms with Crippen molar-refractivity contribution < 1.29 is 19.0 Å². The molecule has 0 radical (unpaired) electrons. The molecule has 0 unspecified atom stereocenters. The number of rotatable bonds is 7. The summed E-state index contributed by atoms with van der Waals surface area (Å²) in [6, 6.07) is 7.49. The van der Waals surface area contributed by atoms with E-state index in [-0.39, 0.29) is 5.78 Å². The first-order chi connectivity index (χ1) is 12.5. The molecule has 0 atom stereocenters. The molecule has 26 heavy (non-hydrogen) atoms. The van der Waals surface area contributed by atoms with Crippen LogP contribution in [0.3, 0.4) is 0 Å². The highest BCUT2D eigenvalue weighted by Crippen LogP contribution is 2.42. The molecule has 138 valence electrons. The fraction of sp³-hybridized carbons (Fsp3) is 0.286. The lowest BCUT2D eigenvalue weighted by Gasteiger charge is -2.19. The summed E-state index contributed by atoms with van der Waals surface area (Å²) in [5.74, 6) is 1.73. The largest absolute Gasteiger partial charge is 0.497 e. The number of hydrogen-bond donors (Lipinski definition) is 0. The maximum absolute atomic E-state index is 12.9. The van der Waals surface area contributed by atoms with Gasteiger partial charge in [-0.05, 0) is 43.9 Å². The standard InChI is InChI=1S/C21H24O4S/c1-13-19(24-4)18(20(25-5)14(2)21(13)26-6)17(22)12-9-15-7-10-16(23-3)11-8-15/h7-12H,1-6H3/b12-9+. The summed E-state index contributed by atoms with van der Waals surface area (Å²) in [5.41, 5.74) is 3.25. The maximum Gasteiger partial charge on any atom is 0.193 e. The van der Waals surface area contributed by atoms with Gasteiger partial charge in [-0.25, -0.2) is 0 Å². The molecule has 2 aromatic carbocycles. The molecule has 0 saturated carbocycles. The molecule has 2 rings (SSSR count). The molecule has 0 spiro atoms. The molecule has 4 nitrogen and oxygen atoms in total. The Kier molecular flexibility index (Phi) is 6.75. The summed E-state index contributed by atoms with van der Waals surface area (Å²) in [6.45, 7) is 3.92. The molecule has 0 aromatic heterocycles. The molecule has 0 saturated heterocycles. The van der Waals surface area contributed by atoms with Crippen molar-refractivity contribution in [3.8, 4) is 17.2 Å². The number of carbonyl (C=O) groups is 1. The number of hydrogen-bond acceptors (Lipinski definition) is 5. The van der Waals surface area contributed by atoms with E-state index in [1.807, 2.05) is 44.4 Å². The highest BCUT2D eigenvalue weighted by atomic mass is 32.2. The van der Waals surface area contributed by atoms with Gasteiger partial charge in [-0.2, -0.15) is 0 Å². The van der Waals surface area contributed by atoms with E-state index in [0.29, 0.717) is 17.1 Å². The number of ether oxygens (including phenoxy) is 3. The molecule has 0 bridgehead atoms. The van der Waals surface area contributed by atoms with Gasteiger partial charge in [-0.15, -0.1) is 11.8 Å². The minimum Gasteiger partial charge on any atom is -0.497 e. The zero-order chi connectivity index (χ0) is 19.3. The van der Waals surface area contributed by atoms with E-state index in [1.54, 1.807) is 45.2 Å². The van der Waals surface area contributed by atoms with Crippen LogP contribution in [-0.4, -0.2) is 33.4 Å². The molecule has 0 aliphatic rings. The fourth-order valence-corrected chi connectivity index (χ4v) is 3.77. The van der Waals surface area contributed by atoms with Gasteiger partial charge < -0.3 is 14.2 Å². The second-order valence-corrected chi connectivity index (χ2v) is 6.51. The van der Waals surface area contributed by atoms with Crippen molar-refractivity contribution in [2.24, 2.45) is 0 Å². The van der Waals surface area contributed by atoms with E-state index in [1.165, 1.54) is 0 Å². The summed E-state index contributed by atoms with van der Waals surface area (Å²) in [6.07, 6.45) is 5.31. The van der Waals surface area contributed by atoms with Gasteiger partial charge in [0, 0.05) is 16.0 Å². The van der Waals surface area contributed by atoms with Crippen molar-refractivity contribution in [2.75, 3.05) is 27.6 Å². The predicted octanol–water partition coefficient (Wildman–Crippen LogP) is 4.95. The number of ketones is 1. The Labute approximate surface area is 159 Å². The number of methoxy groups -OCH3 is 3. The van der Waals surface area contributed by atoms with Crippen LogP contribution in [0, 0.1) is 13.8 Å². The van der Waals surface area contributed by atoms with E-state index in [9.17, 15) is 4.79 Å². The average molecular weight is 372 g/mol. The predicted molar refractivity (Wildman–Crippen MR) is 107 cm³/mol. The second-order valence-electron chi connectivity index (χ2n) is 5.70. The molecular weight excluding hydrogens is 348 g/mol. The Hall–Kier alpha value is -2.40. The number of thioether (sulfide) groups is 1. The van der Waals surface area contributed by atoms with Gasteiger partial charge in [-0.1, -0.05) is 18.2 Å². The Bertz CT molecular complexity index is 792. The van der Waals surface area contributed by atoms with E-state index >= 15 is 0 Å².